The van der Waals surface area contributed by atoms with Gasteiger partial charge < -0.3 is 9.13 Å². The maximum atomic E-state index is 2.44. The van der Waals surface area contributed by atoms with Gasteiger partial charge in [0.15, 0.2) is 0 Å². The summed E-state index contributed by atoms with van der Waals surface area (Å²) in [5.41, 5.74) is 12.2. The summed E-state index contributed by atoms with van der Waals surface area (Å²) in [5, 5.41) is 5.10. The van der Waals surface area contributed by atoms with E-state index >= 15 is 0 Å². The number of hydrogen-bond acceptors (Lipinski definition) is 0. The molecule has 2 nitrogen and oxygen atoms in total. The minimum Gasteiger partial charge on any atom is -0.309 e. The lowest BCUT2D eigenvalue weighted by atomic mass is 9.95. The zero-order valence-corrected chi connectivity index (χ0v) is 24.8. The number of rotatable bonds is 4. The molecule has 0 saturated carbocycles. The Morgan fingerprint density at radius 1 is 0.400 bits per heavy atom. The monoisotopic (exact) mass is 574 g/mol. The van der Waals surface area contributed by atoms with Crippen molar-refractivity contribution in [3.05, 3.63) is 181 Å². The highest BCUT2D eigenvalue weighted by molar-refractivity contribution is 6.11. The summed E-state index contributed by atoms with van der Waals surface area (Å²) in [7, 11) is 0. The molecule has 0 fully saturated rings. The minimum absolute atomic E-state index is 0.853. The van der Waals surface area contributed by atoms with Crippen LogP contribution in [0.5, 0.6) is 0 Å². The van der Waals surface area contributed by atoms with Crippen molar-refractivity contribution in [1.29, 1.82) is 0 Å². The Kier molecular flexibility index (Phi) is 5.92. The Morgan fingerprint density at radius 2 is 0.800 bits per heavy atom. The number of allylic oxidation sites excluding steroid dienone is 6. The molecule has 0 bridgehead atoms. The molecule has 0 aliphatic heterocycles. The quantitative estimate of drug-likeness (QED) is 0.198. The van der Waals surface area contributed by atoms with Crippen molar-refractivity contribution in [2.75, 3.05) is 0 Å². The molecule has 1 aliphatic carbocycles. The van der Waals surface area contributed by atoms with Gasteiger partial charge in [0.25, 0.3) is 0 Å². The van der Waals surface area contributed by atoms with E-state index in [-0.39, 0.29) is 0 Å². The number of para-hydroxylation sites is 6. The van der Waals surface area contributed by atoms with E-state index in [1.807, 2.05) is 0 Å². The first-order chi connectivity index (χ1) is 22.4. The summed E-state index contributed by atoms with van der Waals surface area (Å²) < 4.78 is 4.86. The standard InChI is InChI=1S/C43H30N2/c1-2-16-31(33-18-4-10-24-39(33)45-42-27-13-7-21-36(42)37-22-8-14-28-43(37)45)29-30(15-1)32-17-3-9-23-38(32)44-40-25-11-5-19-34(40)35-20-6-12-26-41(35)44/h1-15,17-29H,16H2. The zero-order chi connectivity index (χ0) is 29.7. The number of benzene rings is 6. The average molecular weight is 575 g/mol. The highest BCUT2D eigenvalue weighted by Crippen LogP contribution is 2.39. The third kappa shape index (κ3) is 4.03. The van der Waals surface area contributed by atoms with Gasteiger partial charge in [-0.2, -0.15) is 0 Å². The maximum absolute atomic E-state index is 2.44. The Morgan fingerprint density at radius 3 is 1.31 bits per heavy atom. The first-order valence-corrected chi connectivity index (χ1v) is 15.6. The molecular weight excluding hydrogens is 544 g/mol. The van der Waals surface area contributed by atoms with Crippen molar-refractivity contribution in [2.45, 2.75) is 6.42 Å². The molecule has 0 spiro atoms. The molecule has 212 valence electrons. The third-order valence-corrected chi connectivity index (χ3v) is 9.19. The predicted molar refractivity (Wildman–Crippen MR) is 191 cm³/mol. The molecule has 45 heavy (non-hydrogen) atoms. The van der Waals surface area contributed by atoms with Crippen LogP contribution in [0.1, 0.15) is 17.5 Å². The molecule has 1 aliphatic rings. The molecule has 0 atom stereocenters. The van der Waals surface area contributed by atoms with Gasteiger partial charge in [-0.15, -0.1) is 0 Å². The second kappa shape index (κ2) is 10.4. The van der Waals surface area contributed by atoms with Gasteiger partial charge >= 0.3 is 0 Å². The lowest BCUT2D eigenvalue weighted by Crippen LogP contribution is -2.00. The summed E-state index contributed by atoms with van der Waals surface area (Å²) in [4.78, 5) is 0. The summed E-state index contributed by atoms with van der Waals surface area (Å²) in [6.45, 7) is 0. The van der Waals surface area contributed by atoms with Crippen LogP contribution in [0.4, 0.5) is 0 Å². The Labute approximate surface area is 262 Å². The van der Waals surface area contributed by atoms with Gasteiger partial charge in [-0.25, -0.2) is 0 Å². The Balaban J connectivity index is 1.25. The van der Waals surface area contributed by atoms with Crippen molar-refractivity contribution < 1.29 is 0 Å². The second-order valence-electron chi connectivity index (χ2n) is 11.7. The first kappa shape index (κ1) is 25.6. The number of fused-ring (bicyclic) bond motifs is 6. The zero-order valence-electron chi connectivity index (χ0n) is 24.8. The van der Waals surface area contributed by atoms with Crippen LogP contribution in [0, 0.1) is 0 Å². The second-order valence-corrected chi connectivity index (χ2v) is 11.7. The van der Waals surface area contributed by atoms with Gasteiger partial charge in [0.2, 0.25) is 0 Å². The molecular formula is C43H30N2. The molecule has 8 aromatic rings. The summed E-state index contributed by atoms with van der Waals surface area (Å²) in [5.74, 6) is 0. The van der Waals surface area contributed by atoms with Crippen molar-refractivity contribution in [3.63, 3.8) is 0 Å². The van der Waals surface area contributed by atoms with E-state index in [1.54, 1.807) is 0 Å². The van der Waals surface area contributed by atoms with Crippen molar-refractivity contribution in [3.8, 4) is 11.4 Å². The van der Waals surface area contributed by atoms with Crippen LogP contribution in [-0.4, -0.2) is 9.13 Å². The number of nitrogens with zero attached hydrogens (tertiary/aromatic N) is 2. The lowest BCUT2D eigenvalue weighted by molar-refractivity contribution is 1.16. The summed E-state index contributed by atoms with van der Waals surface area (Å²) >= 11 is 0. The molecule has 2 heterocycles. The Bertz CT molecular complexity index is 2410. The number of hydrogen-bond donors (Lipinski definition) is 0. The fourth-order valence-corrected chi connectivity index (χ4v) is 7.23. The van der Waals surface area contributed by atoms with Crippen LogP contribution in [0.15, 0.2) is 170 Å². The van der Waals surface area contributed by atoms with Crippen molar-refractivity contribution >= 4 is 54.8 Å². The van der Waals surface area contributed by atoms with E-state index in [4.69, 9.17) is 0 Å². The van der Waals surface area contributed by atoms with Gasteiger partial charge in [0.05, 0.1) is 33.4 Å². The average Bonchev–Trinajstić information content (AvgIpc) is 3.49. The van der Waals surface area contributed by atoms with E-state index in [9.17, 15) is 0 Å². The van der Waals surface area contributed by atoms with Crippen LogP contribution < -0.4 is 0 Å². The molecule has 0 radical (unpaired) electrons. The van der Waals surface area contributed by atoms with Gasteiger partial charge in [-0.05, 0) is 54.0 Å². The van der Waals surface area contributed by atoms with Crippen LogP contribution in [-0.2, 0) is 0 Å². The topological polar surface area (TPSA) is 9.86 Å². The van der Waals surface area contributed by atoms with Gasteiger partial charge in [-0.3, -0.25) is 0 Å². The highest BCUT2D eigenvalue weighted by Gasteiger charge is 2.19. The summed E-state index contributed by atoms with van der Waals surface area (Å²) in [6, 6.07) is 52.6. The van der Waals surface area contributed by atoms with E-state index in [2.05, 4.69) is 179 Å². The first-order valence-electron chi connectivity index (χ1n) is 15.6. The molecule has 0 N–H and O–H groups in total. The fourth-order valence-electron chi connectivity index (χ4n) is 7.23. The largest absolute Gasteiger partial charge is 0.309 e. The fraction of sp³-hybridized carbons (Fsp3) is 0.0233. The highest BCUT2D eigenvalue weighted by atomic mass is 15.0. The Hall–Kier alpha value is -5.86. The molecule has 0 amide bonds. The molecule has 0 saturated heterocycles. The van der Waals surface area contributed by atoms with E-state index < -0.39 is 0 Å². The van der Waals surface area contributed by atoms with Crippen molar-refractivity contribution in [1.82, 2.24) is 9.13 Å². The predicted octanol–water partition coefficient (Wildman–Crippen LogP) is 11.3. The van der Waals surface area contributed by atoms with Crippen molar-refractivity contribution in [2.24, 2.45) is 0 Å². The maximum Gasteiger partial charge on any atom is 0.0541 e. The molecule has 9 rings (SSSR count). The smallest absolute Gasteiger partial charge is 0.0541 e. The van der Waals surface area contributed by atoms with Gasteiger partial charge in [0, 0.05) is 32.7 Å². The van der Waals surface area contributed by atoms with E-state index in [0.717, 1.165) is 6.42 Å². The SMILES string of the molecule is C1=CCC(c2ccccc2-n2c3ccccc3c3ccccc32)=CC(c2ccccc2-n2c3ccccc3c3ccccc32)=C1. The van der Waals surface area contributed by atoms with Crippen LogP contribution >= 0.6 is 0 Å². The molecule has 2 heteroatoms. The molecule has 2 aromatic heterocycles. The lowest BCUT2D eigenvalue weighted by Gasteiger charge is -2.17. The van der Waals surface area contributed by atoms with Crippen LogP contribution in [0.25, 0.3) is 66.1 Å². The summed E-state index contributed by atoms with van der Waals surface area (Å²) in [6.07, 6.45) is 10.0. The van der Waals surface area contributed by atoms with E-state index in [1.165, 1.54) is 77.3 Å². The van der Waals surface area contributed by atoms with Crippen LogP contribution in [0.2, 0.25) is 0 Å². The third-order valence-electron chi connectivity index (χ3n) is 9.19. The van der Waals surface area contributed by atoms with Gasteiger partial charge in [0.1, 0.15) is 0 Å². The minimum atomic E-state index is 0.853. The molecule has 0 unspecified atom stereocenters. The van der Waals surface area contributed by atoms with E-state index in [0.29, 0.717) is 0 Å². The molecule has 6 aromatic carbocycles. The van der Waals surface area contributed by atoms with Gasteiger partial charge in [-0.1, -0.05) is 133 Å². The normalized spacial score (nSPS) is 13.4. The van der Waals surface area contributed by atoms with Crippen LogP contribution in [0.3, 0.4) is 0 Å². The number of aromatic nitrogens is 2.